The quantitative estimate of drug-likeness (QED) is 0.354. The van der Waals surface area contributed by atoms with Crippen molar-refractivity contribution in [3.05, 3.63) is 81.3 Å². The van der Waals surface area contributed by atoms with Crippen LogP contribution in [0.2, 0.25) is 0 Å². The number of rotatable bonds is 7. The summed E-state index contributed by atoms with van der Waals surface area (Å²) in [5.74, 6) is -1.02. The normalized spacial score (nSPS) is 21.1. The van der Waals surface area contributed by atoms with E-state index in [0.717, 1.165) is 31.4 Å². The van der Waals surface area contributed by atoms with E-state index in [2.05, 4.69) is 30.1 Å². The van der Waals surface area contributed by atoms with Gasteiger partial charge in [-0.15, -0.1) is 0 Å². The van der Waals surface area contributed by atoms with E-state index >= 15 is 4.39 Å². The van der Waals surface area contributed by atoms with Gasteiger partial charge in [-0.2, -0.15) is 13.2 Å². The van der Waals surface area contributed by atoms with Crippen molar-refractivity contribution >= 4 is 28.8 Å². The van der Waals surface area contributed by atoms with Gasteiger partial charge in [0.2, 0.25) is 11.5 Å². The van der Waals surface area contributed by atoms with Crippen molar-refractivity contribution < 1.29 is 27.1 Å². The summed E-state index contributed by atoms with van der Waals surface area (Å²) in [4.78, 5) is 44.8. The van der Waals surface area contributed by atoms with E-state index < -0.39 is 34.6 Å². The molecule has 6 rings (SSSR count). The average Bonchev–Trinajstić information content (AvgIpc) is 3.08. The van der Waals surface area contributed by atoms with Gasteiger partial charge in [0, 0.05) is 93.7 Å². The van der Waals surface area contributed by atoms with Crippen LogP contribution in [-0.2, 0) is 17.5 Å². The summed E-state index contributed by atoms with van der Waals surface area (Å²) < 4.78 is 62.9. The molecule has 5 heterocycles. The fourth-order valence-electron chi connectivity index (χ4n) is 6.56. The molecule has 2 N–H and O–H groups in total. The molecule has 2 aromatic heterocycles. The minimum atomic E-state index is -4.94. The Labute approximate surface area is 281 Å². The second-order valence-electron chi connectivity index (χ2n) is 12.9. The molecular formula is C34H40F4N8O3. The largest absolute Gasteiger partial charge is 0.417 e. The number of pyridine rings is 1. The lowest BCUT2D eigenvalue weighted by Gasteiger charge is -2.44. The number of amides is 1. The molecule has 2 fully saturated rings. The summed E-state index contributed by atoms with van der Waals surface area (Å²) in [6.45, 7) is 9.89. The van der Waals surface area contributed by atoms with Crippen LogP contribution in [0.15, 0.2) is 47.7 Å². The first-order valence-electron chi connectivity index (χ1n) is 16.3. The molecule has 262 valence electrons. The minimum Gasteiger partial charge on any atom is -0.379 e. The number of carbonyl (C=O) groups is 1. The highest BCUT2D eigenvalue weighted by molar-refractivity contribution is 6.07. The minimum absolute atomic E-state index is 0.0914. The van der Waals surface area contributed by atoms with E-state index in [4.69, 9.17) is 4.74 Å². The second kappa shape index (κ2) is 14.3. The van der Waals surface area contributed by atoms with Gasteiger partial charge in [0.25, 0.3) is 5.91 Å². The van der Waals surface area contributed by atoms with E-state index in [1.54, 1.807) is 0 Å². The molecule has 0 aliphatic carbocycles. The van der Waals surface area contributed by atoms with Gasteiger partial charge in [0.05, 0.1) is 35.7 Å². The van der Waals surface area contributed by atoms with Crippen molar-refractivity contribution in [3.8, 4) is 0 Å². The third-order valence-corrected chi connectivity index (χ3v) is 9.55. The number of nitrogens with zero attached hydrogens (tertiary/aromatic N) is 6. The predicted molar refractivity (Wildman–Crippen MR) is 178 cm³/mol. The first-order chi connectivity index (χ1) is 23.4. The van der Waals surface area contributed by atoms with Gasteiger partial charge in [0.15, 0.2) is 0 Å². The van der Waals surface area contributed by atoms with E-state index in [1.165, 1.54) is 12.1 Å². The Bertz CT molecular complexity index is 1750. The SMILES string of the molecule is C[C@@H]1CN(c2cc(F)c(C3=CCN(c4ncc(CN5CCOCC5)cn4)CC3)cc2NC(=O)c2c[nH]c(=O)cc2C(F)(F)F)C[C@H](C)N1C. The first kappa shape index (κ1) is 34.5. The van der Waals surface area contributed by atoms with Crippen LogP contribution < -0.4 is 20.7 Å². The van der Waals surface area contributed by atoms with Crippen LogP contribution in [0.25, 0.3) is 5.57 Å². The number of likely N-dealkylation sites (N-methyl/N-ethyl adjacent to an activating group) is 1. The fraction of sp³-hybridized carbons (Fsp3) is 0.471. The monoisotopic (exact) mass is 684 g/mol. The number of aromatic amines is 1. The smallest absolute Gasteiger partial charge is 0.379 e. The van der Waals surface area contributed by atoms with E-state index in [0.29, 0.717) is 69.1 Å². The van der Waals surface area contributed by atoms with Crippen LogP contribution in [0.1, 0.15) is 47.3 Å². The number of hydrogen-bond donors (Lipinski definition) is 2. The van der Waals surface area contributed by atoms with Crippen LogP contribution >= 0.6 is 0 Å². The van der Waals surface area contributed by atoms with Crippen molar-refractivity contribution in [2.24, 2.45) is 0 Å². The number of morpholine rings is 1. The Morgan fingerprint density at radius 2 is 1.73 bits per heavy atom. The number of ether oxygens (including phenoxy) is 1. The van der Waals surface area contributed by atoms with Crippen LogP contribution in [0.5, 0.6) is 0 Å². The summed E-state index contributed by atoms with van der Waals surface area (Å²) >= 11 is 0. The highest BCUT2D eigenvalue weighted by Crippen LogP contribution is 2.37. The third kappa shape index (κ3) is 7.78. The molecule has 3 aliphatic heterocycles. The number of anilines is 3. The van der Waals surface area contributed by atoms with Crippen molar-refractivity contribution in [1.82, 2.24) is 24.8 Å². The lowest BCUT2D eigenvalue weighted by atomic mass is 9.97. The number of halogens is 4. The van der Waals surface area contributed by atoms with Gasteiger partial charge in [-0.1, -0.05) is 6.08 Å². The number of nitrogens with one attached hydrogen (secondary N) is 2. The average molecular weight is 685 g/mol. The highest BCUT2D eigenvalue weighted by atomic mass is 19.4. The van der Waals surface area contributed by atoms with Crippen LogP contribution in [0.3, 0.4) is 0 Å². The predicted octanol–water partition coefficient (Wildman–Crippen LogP) is 4.23. The van der Waals surface area contributed by atoms with Crippen LogP contribution in [-0.4, -0.2) is 102 Å². The summed E-state index contributed by atoms with van der Waals surface area (Å²) in [6.07, 6.45) is 1.77. The number of H-pyrrole nitrogens is 1. The highest BCUT2D eigenvalue weighted by Gasteiger charge is 2.36. The number of carbonyl (C=O) groups excluding carboxylic acids is 1. The van der Waals surface area contributed by atoms with Crippen molar-refractivity contribution in [2.75, 3.05) is 74.6 Å². The molecule has 0 bridgehead atoms. The molecular weight excluding hydrogens is 644 g/mol. The molecule has 3 aromatic rings. The molecule has 1 aromatic carbocycles. The molecule has 0 unspecified atom stereocenters. The third-order valence-electron chi connectivity index (χ3n) is 9.55. The van der Waals surface area contributed by atoms with Crippen molar-refractivity contribution in [1.29, 1.82) is 0 Å². The second-order valence-corrected chi connectivity index (χ2v) is 12.9. The Balaban J connectivity index is 1.27. The summed E-state index contributed by atoms with van der Waals surface area (Å²) in [5, 5.41) is 2.62. The molecule has 3 aliphatic rings. The molecule has 49 heavy (non-hydrogen) atoms. The number of aromatic nitrogens is 3. The standard InChI is InChI=1S/C34H40F4N8O3/c1-21-18-46(19-22(2)43(21)3)30-14-28(35)25(12-29(30)42-32(48)26-17-39-31(47)13-27(26)34(36,37)38)24-4-6-45(7-5-24)33-40-15-23(16-41-33)20-44-8-10-49-11-9-44/h4,12-17,21-22H,5-11,18-20H2,1-3H3,(H,39,47)(H,42,48)/t21-,22+. The Morgan fingerprint density at radius 1 is 1.04 bits per heavy atom. The lowest BCUT2D eigenvalue weighted by molar-refractivity contribution is -0.138. The van der Waals surface area contributed by atoms with Crippen LogP contribution in [0.4, 0.5) is 34.9 Å². The maximum Gasteiger partial charge on any atom is 0.417 e. The topological polar surface area (TPSA) is 110 Å². The van der Waals surface area contributed by atoms with Gasteiger partial charge in [-0.3, -0.25) is 19.4 Å². The molecule has 0 saturated carbocycles. The molecule has 15 heteroatoms. The number of hydrogen-bond acceptors (Lipinski definition) is 9. The van der Waals surface area contributed by atoms with E-state index in [-0.39, 0.29) is 23.3 Å². The summed E-state index contributed by atoms with van der Waals surface area (Å²) in [5.41, 5.74) is -0.604. The molecule has 0 spiro atoms. The van der Waals surface area contributed by atoms with Crippen LogP contribution in [0, 0.1) is 5.82 Å². The molecule has 2 saturated heterocycles. The van der Waals surface area contributed by atoms with Gasteiger partial charge < -0.3 is 24.8 Å². The zero-order valence-electron chi connectivity index (χ0n) is 27.7. The molecule has 0 radical (unpaired) electrons. The maximum absolute atomic E-state index is 16.0. The van der Waals surface area contributed by atoms with Gasteiger partial charge >= 0.3 is 6.18 Å². The number of piperazine rings is 1. The molecule has 2 atom stereocenters. The summed E-state index contributed by atoms with van der Waals surface area (Å²) in [6, 6.07) is 3.38. The zero-order valence-corrected chi connectivity index (χ0v) is 27.7. The first-order valence-corrected chi connectivity index (χ1v) is 16.3. The number of benzene rings is 1. The Kier molecular flexibility index (Phi) is 10.0. The van der Waals surface area contributed by atoms with Crippen molar-refractivity contribution in [3.63, 3.8) is 0 Å². The molecule has 1 amide bonds. The zero-order chi connectivity index (χ0) is 34.9. The van der Waals surface area contributed by atoms with Gasteiger partial charge in [-0.05, 0) is 45.0 Å². The van der Waals surface area contributed by atoms with Crippen molar-refractivity contribution in [2.45, 2.75) is 45.1 Å². The van der Waals surface area contributed by atoms with E-state index in [1.807, 2.05) is 49.2 Å². The summed E-state index contributed by atoms with van der Waals surface area (Å²) in [7, 11) is 2.00. The fourth-order valence-corrected chi connectivity index (χ4v) is 6.56. The maximum atomic E-state index is 16.0. The Morgan fingerprint density at radius 3 is 2.37 bits per heavy atom. The molecule has 11 nitrogen and oxygen atoms in total. The lowest BCUT2D eigenvalue weighted by Crippen LogP contribution is -2.55. The van der Waals surface area contributed by atoms with Gasteiger partial charge in [-0.25, -0.2) is 14.4 Å². The van der Waals surface area contributed by atoms with Gasteiger partial charge in [0.1, 0.15) is 5.82 Å². The van der Waals surface area contributed by atoms with E-state index in [9.17, 15) is 22.8 Å². The Hall–Kier alpha value is -4.34. The number of alkyl halides is 3.